The molecule has 1 aromatic heterocycles. The molecule has 5 heteroatoms. The smallest absolute Gasteiger partial charge is 0.221 e. The van der Waals surface area contributed by atoms with E-state index in [-0.39, 0.29) is 5.54 Å². The first-order chi connectivity index (χ1) is 8.21. The van der Waals surface area contributed by atoms with Crippen LogP contribution in [0.1, 0.15) is 31.7 Å². The van der Waals surface area contributed by atoms with Crippen molar-refractivity contribution in [2.24, 2.45) is 5.73 Å². The van der Waals surface area contributed by atoms with Crippen molar-refractivity contribution in [1.82, 2.24) is 9.97 Å². The van der Waals surface area contributed by atoms with E-state index < -0.39 is 0 Å². The fourth-order valence-electron chi connectivity index (χ4n) is 2.08. The van der Waals surface area contributed by atoms with Gasteiger partial charge in [0, 0.05) is 6.54 Å². The number of nitrogens with one attached hydrogen (secondary N) is 1. The summed E-state index contributed by atoms with van der Waals surface area (Å²) < 4.78 is 5.45. The van der Waals surface area contributed by atoms with Gasteiger partial charge in [-0.1, -0.05) is 0 Å². The number of aromatic nitrogens is 2. The van der Waals surface area contributed by atoms with E-state index in [2.05, 4.69) is 15.3 Å². The van der Waals surface area contributed by atoms with Crippen LogP contribution in [0.25, 0.3) is 0 Å². The SMILES string of the molecule is CCOc1ncnc(NC2(CN)CCC2)c1C. The van der Waals surface area contributed by atoms with E-state index in [0.29, 0.717) is 19.0 Å². The fraction of sp³-hybridized carbons (Fsp3) is 0.667. The zero-order chi connectivity index (χ0) is 12.3. The molecule has 0 unspecified atom stereocenters. The van der Waals surface area contributed by atoms with Gasteiger partial charge in [-0.15, -0.1) is 0 Å². The number of ether oxygens (including phenoxy) is 1. The van der Waals surface area contributed by atoms with Crippen LogP contribution in [0.2, 0.25) is 0 Å². The largest absolute Gasteiger partial charge is 0.478 e. The summed E-state index contributed by atoms with van der Waals surface area (Å²) in [4.78, 5) is 8.40. The predicted molar refractivity (Wildman–Crippen MR) is 67.2 cm³/mol. The fourth-order valence-corrected chi connectivity index (χ4v) is 2.08. The molecule has 1 saturated carbocycles. The Balaban J connectivity index is 2.18. The van der Waals surface area contributed by atoms with Gasteiger partial charge in [0.25, 0.3) is 0 Å². The summed E-state index contributed by atoms with van der Waals surface area (Å²) in [6.07, 6.45) is 4.98. The van der Waals surface area contributed by atoms with Gasteiger partial charge < -0.3 is 15.8 Å². The molecule has 17 heavy (non-hydrogen) atoms. The van der Waals surface area contributed by atoms with Gasteiger partial charge in [0.1, 0.15) is 12.1 Å². The maximum atomic E-state index is 5.83. The third kappa shape index (κ3) is 2.34. The normalized spacial score (nSPS) is 17.4. The van der Waals surface area contributed by atoms with Crippen LogP contribution in [0.15, 0.2) is 6.33 Å². The average Bonchev–Trinajstić information content (AvgIpc) is 2.28. The number of hydrogen-bond donors (Lipinski definition) is 2. The Kier molecular flexibility index (Phi) is 3.47. The highest BCUT2D eigenvalue weighted by molar-refractivity contribution is 5.50. The minimum Gasteiger partial charge on any atom is -0.478 e. The van der Waals surface area contributed by atoms with E-state index in [4.69, 9.17) is 10.5 Å². The van der Waals surface area contributed by atoms with Crippen LogP contribution in [0, 0.1) is 6.92 Å². The highest BCUT2D eigenvalue weighted by Gasteiger charge is 2.36. The van der Waals surface area contributed by atoms with E-state index in [1.54, 1.807) is 0 Å². The Labute approximate surface area is 102 Å². The lowest BCUT2D eigenvalue weighted by atomic mass is 9.77. The molecule has 0 atom stereocenters. The Morgan fingerprint density at radius 2 is 2.24 bits per heavy atom. The van der Waals surface area contributed by atoms with Gasteiger partial charge in [-0.05, 0) is 33.1 Å². The van der Waals surface area contributed by atoms with E-state index in [1.807, 2.05) is 13.8 Å². The molecule has 2 rings (SSSR count). The van der Waals surface area contributed by atoms with Crippen LogP contribution in [-0.2, 0) is 0 Å². The summed E-state index contributed by atoms with van der Waals surface area (Å²) in [5, 5.41) is 3.45. The lowest BCUT2D eigenvalue weighted by Gasteiger charge is -2.42. The van der Waals surface area contributed by atoms with Crippen LogP contribution in [-0.4, -0.2) is 28.7 Å². The molecule has 3 N–H and O–H groups in total. The molecule has 1 fully saturated rings. The summed E-state index contributed by atoms with van der Waals surface area (Å²) in [6.45, 7) is 5.16. The average molecular weight is 236 g/mol. The molecule has 0 aliphatic heterocycles. The van der Waals surface area contributed by atoms with Crippen molar-refractivity contribution in [1.29, 1.82) is 0 Å². The summed E-state index contributed by atoms with van der Waals surface area (Å²) in [7, 11) is 0. The maximum Gasteiger partial charge on any atom is 0.221 e. The molecule has 94 valence electrons. The maximum absolute atomic E-state index is 5.83. The quantitative estimate of drug-likeness (QED) is 0.810. The number of rotatable bonds is 5. The molecule has 0 bridgehead atoms. The van der Waals surface area contributed by atoms with Gasteiger partial charge in [-0.2, -0.15) is 0 Å². The number of hydrogen-bond acceptors (Lipinski definition) is 5. The molecule has 0 saturated heterocycles. The van der Waals surface area contributed by atoms with Crippen LogP contribution >= 0.6 is 0 Å². The summed E-state index contributed by atoms with van der Waals surface area (Å²) in [6, 6.07) is 0. The Bertz CT molecular complexity index is 385. The third-order valence-electron chi connectivity index (χ3n) is 3.40. The first kappa shape index (κ1) is 12.1. The van der Waals surface area contributed by atoms with Crippen LogP contribution in [0.3, 0.4) is 0 Å². The lowest BCUT2D eigenvalue weighted by molar-refractivity contribution is 0.285. The van der Waals surface area contributed by atoms with Crippen molar-refractivity contribution in [3.8, 4) is 5.88 Å². The van der Waals surface area contributed by atoms with E-state index in [9.17, 15) is 0 Å². The van der Waals surface area contributed by atoms with Crippen molar-refractivity contribution in [3.05, 3.63) is 11.9 Å². The molecule has 5 nitrogen and oxygen atoms in total. The first-order valence-corrected chi connectivity index (χ1v) is 6.13. The molecule has 0 amide bonds. The van der Waals surface area contributed by atoms with Gasteiger partial charge in [-0.25, -0.2) is 9.97 Å². The van der Waals surface area contributed by atoms with Crippen molar-refractivity contribution in [2.45, 2.75) is 38.6 Å². The van der Waals surface area contributed by atoms with Gasteiger partial charge in [0.15, 0.2) is 0 Å². The Morgan fingerprint density at radius 3 is 2.76 bits per heavy atom. The third-order valence-corrected chi connectivity index (χ3v) is 3.40. The Hall–Kier alpha value is -1.36. The second kappa shape index (κ2) is 4.87. The predicted octanol–water partition coefficient (Wildman–Crippen LogP) is 1.48. The number of nitrogens with two attached hydrogens (primary N) is 1. The van der Waals surface area contributed by atoms with Crippen molar-refractivity contribution >= 4 is 5.82 Å². The molecular formula is C12H20N4O. The molecule has 0 spiro atoms. The standard InChI is InChI=1S/C12H20N4O/c1-3-17-11-9(2)10(14-8-15-11)16-12(7-13)5-4-6-12/h8H,3-7,13H2,1-2H3,(H,14,15,16). The van der Waals surface area contributed by atoms with E-state index in [1.165, 1.54) is 12.7 Å². The first-order valence-electron chi connectivity index (χ1n) is 6.13. The van der Waals surface area contributed by atoms with E-state index >= 15 is 0 Å². The van der Waals surface area contributed by atoms with Gasteiger partial charge in [0.05, 0.1) is 17.7 Å². The summed E-state index contributed by atoms with van der Waals surface area (Å²) >= 11 is 0. The molecule has 1 aromatic rings. The van der Waals surface area contributed by atoms with Crippen molar-refractivity contribution < 1.29 is 4.74 Å². The second-order valence-corrected chi connectivity index (χ2v) is 4.55. The second-order valence-electron chi connectivity index (χ2n) is 4.55. The van der Waals surface area contributed by atoms with Gasteiger partial charge >= 0.3 is 0 Å². The summed E-state index contributed by atoms with van der Waals surface area (Å²) in [5.74, 6) is 1.49. The number of nitrogens with zero attached hydrogens (tertiary/aromatic N) is 2. The highest BCUT2D eigenvalue weighted by atomic mass is 16.5. The van der Waals surface area contributed by atoms with Crippen LogP contribution in [0.5, 0.6) is 5.88 Å². The summed E-state index contributed by atoms with van der Waals surface area (Å²) in [5.41, 5.74) is 6.81. The van der Waals surface area contributed by atoms with Crippen molar-refractivity contribution in [3.63, 3.8) is 0 Å². The molecule has 0 aromatic carbocycles. The molecular weight excluding hydrogens is 216 g/mol. The topological polar surface area (TPSA) is 73.1 Å². The van der Waals surface area contributed by atoms with Crippen LogP contribution in [0.4, 0.5) is 5.82 Å². The molecule has 1 heterocycles. The van der Waals surface area contributed by atoms with E-state index in [0.717, 1.165) is 24.2 Å². The monoisotopic (exact) mass is 236 g/mol. The van der Waals surface area contributed by atoms with Crippen molar-refractivity contribution in [2.75, 3.05) is 18.5 Å². The minimum atomic E-state index is 0.0304. The Morgan fingerprint density at radius 1 is 1.47 bits per heavy atom. The zero-order valence-corrected chi connectivity index (χ0v) is 10.5. The molecule has 0 radical (unpaired) electrons. The lowest BCUT2D eigenvalue weighted by Crippen LogP contribution is -2.51. The van der Waals surface area contributed by atoms with Gasteiger partial charge in [0.2, 0.25) is 5.88 Å². The van der Waals surface area contributed by atoms with Crippen LogP contribution < -0.4 is 15.8 Å². The molecule has 1 aliphatic carbocycles. The zero-order valence-electron chi connectivity index (χ0n) is 10.5. The number of anilines is 1. The highest BCUT2D eigenvalue weighted by Crippen LogP contribution is 2.35. The minimum absolute atomic E-state index is 0.0304. The van der Waals surface area contributed by atoms with Gasteiger partial charge in [-0.3, -0.25) is 0 Å². The molecule has 1 aliphatic rings.